The fourth-order valence-corrected chi connectivity index (χ4v) is 1.30. The number of amides is 2. The average molecular weight is 228 g/mol. The van der Waals surface area contributed by atoms with Crippen molar-refractivity contribution in [2.24, 2.45) is 0 Å². The van der Waals surface area contributed by atoms with Gasteiger partial charge in [0.15, 0.2) is 0 Å². The molecule has 0 aliphatic carbocycles. The van der Waals surface area contributed by atoms with Crippen LogP contribution in [-0.4, -0.2) is 41.1 Å². The molecule has 2 N–H and O–H groups in total. The number of carboxylic acids is 1. The summed E-state index contributed by atoms with van der Waals surface area (Å²) in [6.07, 6.45) is 2.76. The van der Waals surface area contributed by atoms with Crippen molar-refractivity contribution in [2.75, 3.05) is 13.1 Å². The van der Waals surface area contributed by atoms with Crippen LogP contribution in [0.2, 0.25) is 0 Å². The fraction of sp³-hybridized carbons (Fsp3) is 0.636. The van der Waals surface area contributed by atoms with E-state index in [-0.39, 0.29) is 6.03 Å². The standard InChI is InChI=1S/C11H20N2O3/c1-4-7-9(10(14)15)12-11(16)13(6-3)8-5-2/h5,9H,2,4,6-8H2,1,3H3,(H,12,16)(H,14,15)/t9-/m0/s1. The molecule has 0 aromatic carbocycles. The number of carbonyl (C=O) groups is 2. The summed E-state index contributed by atoms with van der Waals surface area (Å²) in [5.74, 6) is -0.996. The summed E-state index contributed by atoms with van der Waals surface area (Å²) >= 11 is 0. The number of likely N-dealkylation sites (N-methyl/N-ethyl adjacent to an activating group) is 1. The highest BCUT2D eigenvalue weighted by Crippen LogP contribution is 1.99. The van der Waals surface area contributed by atoms with Crippen LogP contribution in [0, 0.1) is 0 Å². The van der Waals surface area contributed by atoms with Gasteiger partial charge in [-0.25, -0.2) is 9.59 Å². The van der Waals surface area contributed by atoms with Crippen LogP contribution in [0.1, 0.15) is 26.7 Å². The second kappa shape index (κ2) is 7.73. The molecular weight excluding hydrogens is 208 g/mol. The van der Waals surface area contributed by atoms with Crippen LogP contribution in [-0.2, 0) is 4.79 Å². The minimum atomic E-state index is -0.996. The summed E-state index contributed by atoms with van der Waals surface area (Å²) in [6, 6.07) is -1.17. The van der Waals surface area contributed by atoms with Crippen molar-refractivity contribution in [3.05, 3.63) is 12.7 Å². The third-order valence-electron chi connectivity index (χ3n) is 2.19. The summed E-state index contributed by atoms with van der Waals surface area (Å²) in [5.41, 5.74) is 0. The van der Waals surface area contributed by atoms with Gasteiger partial charge in [-0.1, -0.05) is 19.4 Å². The molecule has 0 bridgehead atoms. The molecular formula is C11H20N2O3. The molecule has 92 valence electrons. The van der Waals surface area contributed by atoms with E-state index in [0.29, 0.717) is 25.9 Å². The van der Waals surface area contributed by atoms with Gasteiger partial charge in [-0.3, -0.25) is 0 Å². The summed E-state index contributed by atoms with van der Waals surface area (Å²) in [5, 5.41) is 11.4. The molecule has 0 aromatic heterocycles. The third-order valence-corrected chi connectivity index (χ3v) is 2.19. The Morgan fingerprint density at radius 2 is 2.12 bits per heavy atom. The molecule has 0 radical (unpaired) electrons. The lowest BCUT2D eigenvalue weighted by atomic mass is 10.2. The first-order valence-electron chi connectivity index (χ1n) is 5.45. The zero-order valence-electron chi connectivity index (χ0n) is 9.90. The van der Waals surface area contributed by atoms with Crippen LogP contribution in [0.3, 0.4) is 0 Å². The van der Waals surface area contributed by atoms with E-state index in [1.165, 1.54) is 4.90 Å². The Morgan fingerprint density at radius 1 is 1.50 bits per heavy atom. The van der Waals surface area contributed by atoms with Crippen molar-refractivity contribution in [3.8, 4) is 0 Å². The number of carbonyl (C=O) groups excluding carboxylic acids is 1. The van der Waals surface area contributed by atoms with Gasteiger partial charge in [-0.2, -0.15) is 0 Å². The Bertz CT molecular complexity index is 254. The van der Waals surface area contributed by atoms with Gasteiger partial charge in [0, 0.05) is 13.1 Å². The highest BCUT2D eigenvalue weighted by Gasteiger charge is 2.20. The summed E-state index contributed by atoms with van der Waals surface area (Å²) < 4.78 is 0. The minimum absolute atomic E-state index is 0.358. The van der Waals surface area contributed by atoms with Gasteiger partial charge in [0.1, 0.15) is 6.04 Å². The van der Waals surface area contributed by atoms with E-state index in [9.17, 15) is 9.59 Å². The van der Waals surface area contributed by atoms with Gasteiger partial charge < -0.3 is 15.3 Å². The number of urea groups is 1. The lowest BCUT2D eigenvalue weighted by Crippen LogP contribution is -2.47. The van der Waals surface area contributed by atoms with Gasteiger partial charge >= 0.3 is 12.0 Å². The summed E-state index contributed by atoms with van der Waals surface area (Å²) in [7, 11) is 0. The van der Waals surface area contributed by atoms with E-state index < -0.39 is 12.0 Å². The number of carboxylic acid groups (broad SMARTS) is 1. The highest BCUT2D eigenvalue weighted by molar-refractivity contribution is 5.82. The lowest BCUT2D eigenvalue weighted by molar-refractivity contribution is -0.139. The van der Waals surface area contributed by atoms with Gasteiger partial charge in [0.2, 0.25) is 0 Å². The Kier molecular flexibility index (Phi) is 7.00. The zero-order valence-corrected chi connectivity index (χ0v) is 9.90. The highest BCUT2D eigenvalue weighted by atomic mass is 16.4. The third kappa shape index (κ3) is 4.82. The Hall–Kier alpha value is -1.52. The maximum Gasteiger partial charge on any atom is 0.326 e. The van der Waals surface area contributed by atoms with Crippen molar-refractivity contribution in [1.82, 2.24) is 10.2 Å². The van der Waals surface area contributed by atoms with E-state index in [1.807, 2.05) is 13.8 Å². The molecule has 0 aliphatic rings. The number of aliphatic carboxylic acids is 1. The molecule has 0 saturated heterocycles. The van der Waals surface area contributed by atoms with E-state index in [0.717, 1.165) is 0 Å². The fourth-order valence-electron chi connectivity index (χ4n) is 1.30. The van der Waals surface area contributed by atoms with Crippen molar-refractivity contribution < 1.29 is 14.7 Å². The van der Waals surface area contributed by atoms with Crippen LogP contribution >= 0.6 is 0 Å². The maximum absolute atomic E-state index is 11.7. The molecule has 0 spiro atoms. The van der Waals surface area contributed by atoms with E-state index in [4.69, 9.17) is 5.11 Å². The molecule has 16 heavy (non-hydrogen) atoms. The Morgan fingerprint density at radius 3 is 2.50 bits per heavy atom. The Labute approximate surface area is 96.1 Å². The monoisotopic (exact) mass is 228 g/mol. The SMILES string of the molecule is C=CCN(CC)C(=O)N[C@@H](CCC)C(=O)O. The topological polar surface area (TPSA) is 69.6 Å². The van der Waals surface area contributed by atoms with Gasteiger partial charge in [-0.15, -0.1) is 6.58 Å². The van der Waals surface area contributed by atoms with Crippen LogP contribution < -0.4 is 5.32 Å². The van der Waals surface area contributed by atoms with Crippen molar-refractivity contribution in [2.45, 2.75) is 32.7 Å². The van der Waals surface area contributed by atoms with Gasteiger partial charge in [-0.05, 0) is 13.3 Å². The predicted octanol–water partition coefficient (Wildman–Crippen LogP) is 1.46. The summed E-state index contributed by atoms with van der Waals surface area (Å²) in [6.45, 7) is 8.20. The number of nitrogens with one attached hydrogen (secondary N) is 1. The molecule has 0 heterocycles. The molecule has 0 rings (SSSR count). The normalized spacial score (nSPS) is 11.6. The molecule has 1 atom stereocenters. The molecule has 5 heteroatoms. The molecule has 2 amide bonds. The second-order valence-corrected chi connectivity index (χ2v) is 3.46. The molecule has 0 saturated carbocycles. The van der Waals surface area contributed by atoms with E-state index >= 15 is 0 Å². The van der Waals surface area contributed by atoms with Crippen LogP contribution in [0.4, 0.5) is 4.79 Å². The van der Waals surface area contributed by atoms with Gasteiger partial charge in [0.25, 0.3) is 0 Å². The molecule has 0 unspecified atom stereocenters. The van der Waals surface area contributed by atoms with Crippen LogP contribution in [0.25, 0.3) is 0 Å². The minimum Gasteiger partial charge on any atom is -0.480 e. The number of rotatable bonds is 7. The zero-order chi connectivity index (χ0) is 12.6. The lowest BCUT2D eigenvalue weighted by Gasteiger charge is -2.22. The van der Waals surface area contributed by atoms with Crippen molar-refractivity contribution in [3.63, 3.8) is 0 Å². The molecule has 5 nitrogen and oxygen atoms in total. The molecule has 0 aromatic rings. The second-order valence-electron chi connectivity index (χ2n) is 3.46. The number of hydrogen-bond donors (Lipinski definition) is 2. The van der Waals surface area contributed by atoms with Crippen LogP contribution in [0.15, 0.2) is 12.7 Å². The maximum atomic E-state index is 11.7. The average Bonchev–Trinajstić information content (AvgIpc) is 2.24. The first-order valence-corrected chi connectivity index (χ1v) is 5.45. The number of nitrogens with zero attached hydrogens (tertiary/aromatic N) is 1. The smallest absolute Gasteiger partial charge is 0.326 e. The van der Waals surface area contributed by atoms with Crippen LogP contribution in [0.5, 0.6) is 0 Å². The quantitative estimate of drug-likeness (QED) is 0.648. The first-order chi connectivity index (χ1) is 7.56. The Balaban J connectivity index is 4.36. The van der Waals surface area contributed by atoms with E-state index in [1.54, 1.807) is 6.08 Å². The number of hydrogen-bond acceptors (Lipinski definition) is 2. The van der Waals surface area contributed by atoms with Crippen molar-refractivity contribution in [1.29, 1.82) is 0 Å². The van der Waals surface area contributed by atoms with E-state index in [2.05, 4.69) is 11.9 Å². The largest absolute Gasteiger partial charge is 0.480 e. The predicted molar refractivity (Wildman–Crippen MR) is 62.3 cm³/mol. The molecule has 0 fully saturated rings. The van der Waals surface area contributed by atoms with Gasteiger partial charge in [0.05, 0.1) is 0 Å². The first kappa shape index (κ1) is 14.5. The van der Waals surface area contributed by atoms with Crippen molar-refractivity contribution >= 4 is 12.0 Å². The summed E-state index contributed by atoms with van der Waals surface area (Å²) in [4.78, 5) is 24.0. The molecule has 0 aliphatic heterocycles.